The fraction of sp³-hybridized carbons (Fsp3) is 0.333. The average Bonchev–Trinajstić information content (AvgIpc) is 2.47. The van der Waals surface area contributed by atoms with Crippen LogP contribution in [0.5, 0.6) is 5.75 Å². The molecule has 0 amide bonds. The predicted molar refractivity (Wildman–Crippen MR) is 82.7 cm³/mol. The van der Waals surface area contributed by atoms with Crippen LogP contribution in [0.15, 0.2) is 48.4 Å². The van der Waals surface area contributed by atoms with E-state index >= 15 is 0 Å². The zero-order chi connectivity index (χ0) is 15.9. The van der Waals surface area contributed by atoms with Crippen LogP contribution in [0, 0.1) is 0 Å². The van der Waals surface area contributed by atoms with Gasteiger partial charge >= 0.3 is 0 Å². The summed E-state index contributed by atoms with van der Waals surface area (Å²) in [6.07, 6.45) is 3.03. The first-order chi connectivity index (χ1) is 10.0. The average molecular weight is 311 g/mol. The third-order valence-electron chi connectivity index (χ3n) is 2.81. The van der Waals surface area contributed by atoms with E-state index in [1.807, 2.05) is 6.92 Å². The second-order valence-electron chi connectivity index (χ2n) is 4.26. The van der Waals surface area contributed by atoms with Crippen LogP contribution in [-0.4, -0.2) is 37.5 Å². The van der Waals surface area contributed by atoms with Crippen LogP contribution in [-0.2, 0) is 16.6 Å². The van der Waals surface area contributed by atoms with Gasteiger partial charge in [-0.1, -0.05) is 12.2 Å². The Balaban J connectivity index is 3.23. The van der Waals surface area contributed by atoms with E-state index in [4.69, 9.17) is 4.74 Å². The van der Waals surface area contributed by atoms with Crippen LogP contribution in [0.3, 0.4) is 0 Å². The topological polar surface area (TPSA) is 66.8 Å². The predicted octanol–water partition coefficient (Wildman–Crippen LogP) is 1.94. The number of benzene rings is 1. The molecule has 0 aromatic heterocycles. The maximum Gasteiger partial charge on any atom is 0.243 e. The molecule has 0 radical (unpaired) electrons. The molecule has 21 heavy (non-hydrogen) atoms. The Kier molecular flexibility index (Phi) is 6.61. The van der Waals surface area contributed by atoms with Crippen LogP contribution in [0.25, 0.3) is 0 Å². The summed E-state index contributed by atoms with van der Waals surface area (Å²) in [7, 11) is -3.67. The van der Waals surface area contributed by atoms with Gasteiger partial charge in [0.15, 0.2) is 0 Å². The van der Waals surface area contributed by atoms with Gasteiger partial charge in [0.25, 0.3) is 0 Å². The van der Waals surface area contributed by atoms with Crippen molar-refractivity contribution in [2.24, 2.45) is 0 Å². The van der Waals surface area contributed by atoms with Crippen molar-refractivity contribution in [2.75, 3.05) is 19.7 Å². The van der Waals surface area contributed by atoms with Crippen LogP contribution in [0.4, 0.5) is 0 Å². The van der Waals surface area contributed by atoms with Gasteiger partial charge < -0.3 is 9.84 Å². The minimum Gasteiger partial charge on any atom is -0.494 e. The van der Waals surface area contributed by atoms with E-state index in [-0.39, 0.29) is 24.6 Å². The molecule has 0 heterocycles. The van der Waals surface area contributed by atoms with Crippen molar-refractivity contribution in [3.05, 3.63) is 49.1 Å². The summed E-state index contributed by atoms with van der Waals surface area (Å²) in [4.78, 5) is 0.110. The van der Waals surface area contributed by atoms with Crippen LogP contribution >= 0.6 is 0 Å². The molecule has 0 atom stereocenters. The Hall–Kier alpha value is -1.63. The van der Waals surface area contributed by atoms with E-state index in [9.17, 15) is 13.5 Å². The summed E-state index contributed by atoms with van der Waals surface area (Å²) in [5.74, 6) is 0.484. The number of sulfonamides is 1. The molecule has 1 N–H and O–H groups in total. The van der Waals surface area contributed by atoms with E-state index in [2.05, 4.69) is 13.2 Å². The van der Waals surface area contributed by atoms with Gasteiger partial charge in [-0.2, -0.15) is 4.31 Å². The maximum atomic E-state index is 12.6. The normalized spacial score (nSPS) is 11.4. The minimum absolute atomic E-state index is 0.110. The van der Waals surface area contributed by atoms with Gasteiger partial charge in [-0.15, -0.1) is 13.2 Å². The molecule has 1 aromatic rings. The molecule has 5 nitrogen and oxygen atoms in total. The highest BCUT2D eigenvalue weighted by Gasteiger charge is 2.23. The molecule has 6 heteroatoms. The zero-order valence-corrected chi connectivity index (χ0v) is 13.0. The van der Waals surface area contributed by atoms with Crippen LogP contribution in [0.2, 0.25) is 0 Å². The standard InChI is InChI=1S/C15H21NO4S/c1-4-9-16(10-5-2)21(18,19)14-7-8-15(20-6-3)13(11-14)12-17/h4-5,7-8,11,17H,1-2,6,9-10,12H2,3H3. The Labute approximate surface area is 126 Å². The molecule has 0 spiro atoms. The SMILES string of the molecule is C=CCN(CC=C)S(=O)(=O)c1ccc(OCC)c(CO)c1. The fourth-order valence-electron chi connectivity index (χ4n) is 1.84. The van der Waals surface area contributed by atoms with Gasteiger partial charge in [0.05, 0.1) is 18.1 Å². The number of aliphatic hydroxyl groups excluding tert-OH is 1. The zero-order valence-electron chi connectivity index (χ0n) is 12.2. The lowest BCUT2D eigenvalue weighted by Crippen LogP contribution is -2.31. The first kappa shape index (κ1) is 17.4. The second-order valence-corrected chi connectivity index (χ2v) is 6.20. The summed E-state index contributed by atoms with van der Waals surface area (Å²) < 4.78 is 31.7. The largest absolute Gasteiger partial charge is 0.494 e. The number of rotatable bonds is 9. The molecule has 1 aromatic carbocycles. The summed E-state index contributed by atoms with van der Waals surface area (Å²) >= 11 is 0. The molecule has 0 bridgehead atoms. The molecular weight excluding hydrogens is 290 g/mol. The lowest BCUT2D eigenvalue weighted by atomic mass is 10.2. The number of aliphatic hydroxyl groups is 1. The molecule has 0 saturated heterocycles. The quantitative estimate of drug-likeness (QED) is 0.708. The molecule has 0 aliphatic rings. The summed E-state index contributed by atoms with van der Waals surface area (Å²) in [5, 5.41) is 9.36. The lowest BCUT2D eigenvalue weighted by molar-refractivity contribution is 0.266. The van der Waals surface area contributed by atoms with Crippen molar-refractivity contribution >= 4 is 10.0 Å². The summed E-state index contributed by atoms with van der Waals surface area (Å²) in [6, 6.07) is 4.46. The number of hydrogen-bond donors (Lipinski definition) is 1. The fourth-order valence-corrected chi connectivity index (χ4v) is 3.28. The van der Waals surface area contributed by atoms with Crippen molar-refractivity contribution in [2.45, 2.75) is 18.4 Å². The van der Waals surface area contributed by atoms with E-state index in [1.165, 1.54) is 28.6 Å². The van der Waals surface area contributed by atoms with E-state index in [0.717, 1.165) is 0 Å². The molecule has 116 valence electrons. The Morgan fingerprint density at radius 3 is 2.38 bits per heavy atom. The molecular formula is C15H21NO4S. The summed E-state index contributed by atoms with van der Waals surface area (Å²) in [6.45, 7) is 9.48. The number of hydrogen-bond acceptors (Lipinski definition) is 4. The first-order valence-corrected chi connectivity index (χ1v) is 8.03. The highest BCUT2D eigenvalue weighted by atomic mass is 32.2. The molecule has 0 aliphatic heterocycles. The van der Waals surface area contributed by atoms with Crippen LogP contribution in [0.1, 0.15) is 12.5 Å². The molecule has 1 rings (SSSR count). The van der Waals surface area contributed by atoms with Crippen LogP contribution < -0.4 is 4.74 Å². The van der Waals surface area contributed by atoms with E-state index < -0.39 is 10.0 Å². The monoisotopic (exact) mass is 311 g/mol. The third-order valence-corrected chi connectivity index (χ3v) is 4.63. The van der Waals surface area contributed by atoms with Crippen molar-refractivity contribution < 1.29 is 18.3 Å². The van der Waals surface area contributed by atoms with Gasteiger partial charge in [0.1, 0.15) is 5.75 Å². The number of ether oxygens (including phenoxy) is 1. The van der Waals surface area contributed by atoms with Crippen molar-refractivity contribution in [1.29, 1.82) is 0 Å². The smallest absolute Gasteiger partial charge is 0.243 e. The van der Waals surface area contributed by atoms with Gasteiger partial charge in [-0.3, -0.25) is 0 Å². The molecule has 0 unspecified atom stereocenters. The molecule has 0 saturated carbocycles. The Bertz CT molecular complexity index is 586. The van der Waals surface area contributed by atoms with E-state index in [1.54, 1.807) is 6.07 Å². The van der Waals surface area contributed by atoms with E-state index in [0.29, 0.717) is 17.9 Å². The lowest BCUT2D eigenvalue weighted by Gasteiger charge is -2.20. The molecule has 0 fully saturated rings. The maximum absolute atomic E-state index is 12.6. The van der Waals surface area contributed by atoms with Gasteiger partial charge in [0, 0.05) is 18.7 Å². The molecule has 0 aliphatic carbocycles. The van der Waals surface area contributed by atoms with Crippen molar-refractivity contribution in [1.82, 2.24) is 4.31 Å². The second kappa shape index (κ2) is 7.97. The minimum atomic E-state index is -3.67. The third kappa shape index (κ3) is 4.17. The highest BCUT2D eigenvalue weighted by Crippen LogP contribution is 2.25. The van der Waals surface area contributed by atoms with Crippen molar-refractivity contribution in [3.63, 3.8) is 0 Å². The number of nitrogens with zero attached hydrogens (tertiary/aromatic N) is 1. The van der Waals surface area contributed by atoms with Gasteiger partial charge in [-0.25, -0.2) is 8.42 Å². The first-order valence-electron chi connectivity index (χ1n) is 6.59. The van der Waals surface area contributed by atoms with Gasteiger partial charge in [0.2, 0.25) is 10.0 Å². The highest BCUT2D eigenvalue weighted by molar-refractivity contribution is 7.89. The van der Waals surface area contributed by atoms with Crippen molar-refractivity contribution in [3.8, 4) is 5.75 Å². The summed E-state index contributed by atoms with van der Waals surface area (Å²) in [5.41, 5.74) is 0.440. The Morgan fingerprint density at radius 2 is 1.90 bits per heavy atom. The van der Waals surface area contributed by atoms with Gasteiger partial charge in [-0.05, 0) is 25.1 Å². The Morgan fingerprint density at radius 1 is 1.29 bits per heavy atom.